The zero-order valence-corrected chi connectivity index (χ0v) is 19.5. The van der Waals surface area contributed by atoms with Crippen molar-refractivity contribution in [1.29, 1.82) is 0 Å². The fourth-order valence-corrected chi connectivity index (χ4v) is 3.78. The molecule has 2 atom stereocenters. The Morgan fingerprint density at radius 2 is 1.71 bits per heavy atom. The first kappa shape index (κ1) is 25.0. The monoisotopic (exact) mass is 474 g/mol. The van der Waals surface area contributed by atoms with Gasteiger partial charge in [-0.05, 0) is 39.2 Å². The lowest BCUT2D eigenvalue weighted by molar-refractivity contribution is -0.172. The van der Waals surface area contributed by atoms with E-state index in [0.717, 1.165) is 5.56 Å². The molecule has 2 saturated heterocycles. The van der Waals surface area contributed by atoms with Gasteiger partial charge in [-0.2, -0.15) is 0 Å². The minimum absolute atomic E-state index is 0.0162. The molecule has 0 radical (unpaired) electrons. The van der Waals surface area contributed by atoms with E-state index in [9.17, 15) is 24.0 Å². The number of ether oxygens (including phenoxy) is 1. The van der Waals surface area contributed by atoms with Crippen LogP contribution in [0.3, 0.4) is 0 Å². The summed E-state index contributed by atoms with van der Waals surface area (Å²) in [6.45, 7) is 5.53. The molecule has 0 aliphatic carbocycles. The molecule has 2 aliphatic heterocycles. The predicted molar refractivity (Wildman–Crippen MR) is 119 cm³/mol. The first-order valence-corrected chi connectivity index (χ1v) is 11.2. The van der Waals surface area contributed by atoms with Crippen LogP contribution in [0.1, 0.15) is 52.0 Å². The fraction of sp³-hybridized carbons (Fsp3) is 0.522. The van der Waals surface area contributed by atoms with Crippen molar-refractivity contribution in [2.24, 2.45) is 0 Å². The molecule has 2 aliphatic rings. The van der Waals surface area contributed by atoms with E-state index in [1.54, 1.807) is 20.8 Å². The molecule has 0 bridgehead atoms. The third kappa shape index (κ3) is 6.69. The highest BCUT2D eigenvalue weighted by Crippen LogP contribution is 2.19. The van der Waals surface area contributed by atoms with Crippen LogP contribution in [0.4, 0.5) is 9.59 Å². The van der Waals surface area contributed by atoms with Gasteiger partial charge in [0.15, 0.2) is 0 Å². The fourth-order valence-electron chi connectivity index (χ4n) is 3.78. The summed E-state index contributed by atoms with van der Waals surface area (Å²) in [5.74, 6) is -1.58. The highest BCUT2D eigenvalue weighted by Gasteiger charge is 2.38. The van der Waals surface area contributed by atoms with Gasteiger partial charge in [-0.1, -0.05) is 30.3 Å². The van der Waals surface area contributed by atoms with E-state index in [1.165, 1.54) is 4.90 Å². The van der Waals surface area contributed by atoms with Gasteiger partial charge >= 0.3 is 12.2 Å². The van der Waals surface area contributed by atoms with Gasteiger partial charge in [0, 0.05) is 25.8 Å². The van der Waals surface area contributed by atoms with Gasteiger partial charge in [-0.3, -0.25) is 19.7 Å². The van der Waals surface area contributed by atoms with Gasteiger partial charge in [0.05, 0.1) is 0 Å². The molecule has 34 heavy (non-hydrogen) atoms. The summed E-state index contributed by atoms with van der Waals surface area (Å²) in [6.07, 6.45) is -1.19. The Kier molecular flexibility index (Phi) is 7.75. The van der Waals surface area contributed by atoms with Crippen molar-refractivity contribution in [2.75, 3.05) is 6.54 Å². The topological polar surface area (TPSA) is 134 Å². The Morgan fingerprint density at radius 3 is 2.32 bits per heavy atom. The lowest BCUT2D eigenvalue weighted by Gasteiger charge is -2.30. The van der Waals surface area contributed by atoms with Crippen molar-refractivity contribution in [3.8, 4) is 0 Å². The second kappa shape index (κ2) is 10.5. The predicted octanol–water partition coefficient (Wildman–Crippen LogP) is 1.86. The number of rotatable bonds is 6. The summed E-state index contributed by atoms with van der Waals surface area (Å²) in [5.41, 5.74) is 0.0992. The molecule has 3 rings (SSSR count). The number of likely N-dealkylation sites (tertiary alicyclic amines) is 1. The number of hydrogen-bond donors (Lipinski definition) is 2. The molecule has 1 aromatic rings. The standard InChI is InChI=1S/C23H30N4O7/c1-23(2,3)33-21(31)24-16(14-15-8-5-4-6-9-15)20(30)26-13-7-10-17(26)25-22(32)34-27-18(28)11-12-19(27)29/h4-6,8-9,16-17H,7,10-14H2,1-3H3,(H,24,31)(H,25,32)/t16-,17+/m1/s1. The number of nitrogens with one attached hydrogen (secondary N) is 2. The molecule has 2 N–H and O–H groups in total. The van der Waals surface area contributed by atoms with Crippen molar-refractivity contribution < 1.29 is 33.5 Å². The SMILES string of the molecule is CC(C)(C)OC(=O)N[C@H](Cc1ccccc1)C(=O)N1CCC[C@H]1NC(=O)ON1C(=O)CCC1=O. The number of carbonyl (C=O) groups excluding carboxylic acids is 5. The van der Waals surface area contributed by atoms with Crippen LogP contribution in [0.5, 0.6) is 0 Å². The van der Waals surface area contributed by atoms with Crippen LogP contribution in [-0.4, -0.2) is 64.2 Å². The second-order valence-electron chi connectivity index (χ2n) is 9.18. The van der Waals surface area contributed by atoms with Crippen molar-refractivity contribution in [3.63, 3.8) is 0 Å². The van der Waals surface area contributed by atoms with Crippen LogP contribution in [0.2, 0.25) is 0 Å². The number of alkyl carbamates (subject to hydrolysis) is 1. The number of nitrogens with zero attached hydrogens (tertiary/aromatic N) is 2. The van der Waals surface area contributed by atoms with Crippen molar-refractivity contribution in [1.82, 2.24) is 20.6 Å². The van der Waals surface area contributed by atoms with Gasteiger partial charge in [-0.15, -0.1) is 5.06 Å². The zero-order chi connectivity index (χ0) is 24.9. The van der Waals surface area contributed by atoms with E-state index < -0.39 is 47.7 Å². The van der Waals surface area contributed by atoms with Crippen molar-refractivity contribution in [3.05, 3.63) is 35.9 Å². The number of hydrogen-bond acceptors (Lipinski definition) is 7. The Labute approximate surface area is 197 Å². The van der Waals surface area contributed by atoms with Crippen LogP contribution < -0.4 is 10.6 Å². The third-order valence-corrected chi connectivity index (χ3v) is 5.27. The maximum atomic E-state index is 13.4. The zero-order valence-electron chi connectivity index (χ0n) is 19.5. The lowest BCUT2D eigenvalue weighted by atomic mass is 10.0. The highest BCUT2D eigenvalue weighted by atomic mass is 16.7. The molecule has 2 fully saturated rings. The maximum Gasteiger partial charge on any atom is 0.433 e. The summed E-state index contributed by atoms with van der Waals surface area (Å²) in [7, 11) is 0. The van der Waals surface area contributed by atoms with E-state index >= 15 is 0 Å². The number of amides is 5. The molecule has 1 aromatic carbocycles. The van der Waals surface area contributed by atoms with Gasteiger partial charge in [-0.25, -0.2) is 9.59 Å². The molecule has 0 unspecified atom stereocenters. The number of benzene rings is 1. The highest BCUT2D eigenvalue weighted by molar-refractivity contribution is 6.01. The number of hydroxylamine groups is 2. The Hall–Kier alpha value is -3.63. The second-order valence-corrected chi connectivity index (χ2v) is 9.18. The molecule has 2 heterocycles. The normalized spacial score (nSPS) is 19.1. The molecule has 11 heteroatoms. The molecule has 11 nitrogen and oxygen atoms in total. The Bertz CT molecular complexity index is 928. The third-order valence-electron chi connectivity index (χ3n) is 5.27. The summed E-state index contributed by atoms with van der Waals surface area (Å²) in [5, 5.41) is 5.63. The average molecular weight is 475 g/mol. The van der Waals surface area contributed by atoms with E-state index in [0.29, 0.717) is 24.4 Å². The van der Waals surface area contributed by atoms with E-state index in [4.69, 9.17) is 9.57 Å². The quantitative estimate of drug-likeness (QED) is 0.601. The molecular weight excluding hydrogens is 444 g/mol. The molecule has 0 saturated carbocycles. The van der Waals surface area contributed by atoms with Crippen molar-refractivity contribution >= 4 is 29.9 Å². The van der Waals surface area contributed by atoms with E-state index in [1.807, 2.05) is 30.3 Å². The van der Waals surface area contributed by atoms with Crippen LogP contribution >= 0.6 is 0 Å². The van der Waals surface area contributed by atoms with Crippen LogP contribution in [0.15, 0.2) is 30.3 Å². The van der Waals surface area contributed by atoms with Gasteiger partial charge < -0.3 is 19.8 Å². The Morgan fingerprint density at radius 1 is 1.06 bits per heavy atom. The van der Waals surface area contributed by atoms with Crippen molar-refractivity contribution in [2.45, 2.75) is 70.7 Å². The smallest absolute Gasteiger partial charge is 0.433 e. The van der Waals surface area contributed by atoms with Gasteiger partial charge in [0.25, 0.3) is 11.8 Å². The largest absolute Gasteiger partial charge is 0.444 e. The van der Waals surface area contributed by atoms with Crippen LogP contribution in [0.25, 0.3) is 0 Å². The summed E-state index contributed by atoms with van der Waals surface area (Å²) in [4.78, 5) is 67.8. The Balaban J connectivity index is 1.69. The summed E-state index contributed by atoms with van der Waals surface area (Å²) >= 11 is 0. The maximum absolute atomic E-state index is 13.4. The van der Waals surface area contributed by atoms with Gasteiger partial charge in [0.2, 0.25) is 5.91 Å². The van der Waals surface area contributed by atoms with Gasteiger partial charge in [0.1, 0.15) is 17.8 Å². The molecule has 184 valence electrons. The summed E-state index contributed by atoms with van der Waals surface area (Å²) < 4.78 is 5.32. The minimum Gasteiger partial charge on any atom is -0.444 e. The molecular formula is C23H30N4O7. The number of carbonyl (C=O) groups is 5. The first-order valence-electron chi connectivity index (χ1n) is 11.2. The molecule has 0 spiro atoms. The molecule has 5 amide bonds. The number of imide groups is 1. The van der Waals surface area contributed by atoms with E-state index in [-0.39, 0.29) is 19.3 Å². The molecule has 0 aromatic heterocycles. The van der Waals surface area contributed by atoms with Crippen LogP contribution in [-0.2, 0) is 30.4 Å². The van der Waals surface area contributed by atoms with E-state index in [2.05, 4.69) is 10.6 Å². The van der Waals surface area contributed by atoms with Crippen LogP contribution in [0, 0.1) is 0 Å². The minimum atomic E-state index is -1.01. The first-order chi connectivity index (χ1) is 16.0. The summed E-state index contributed by atoms with van der Waals surface area (Å²) in [6, 6.07) is 8.28. The lowest BCUT2D eigenvalue weighted by Crippen LogP contribution is -2.55. The average Bonchev–Trinajstić information content (AvgIpc) is 3.33.